The van der Waals surface area contributed by atoms with Gasteiger partial charge in [-0.25, -0.2) is 8.42 Å². The molecule has 0 atom stereocenters. The molecule has 0 saturated heterocycles. The second-order valence-electron chi connectivity index (χ2n) is 4.15. The lowest BCUT2D eigenvalue weighted by atomic mass is 10.3. The molecule has 21 heavy (non-hydrogen) atoms. The van der Waals surface area contributed by atoms with Crippen LogP contribution in [-0.2, 0) is 10.0 Å². The molecule has 0 heterocycles. The van der Waals surface area contributed by atoms with Crippen molar-refractivity contribution in [2.75, 3.05) is 19.6 Å². The molecule has 8 heteroatoms. The molecular weight excluding hydrogens is 294 g/mol. The largest absolute Gasteiger partial charge is 0.320 e. The SMILES string of the molecule is CCCN(CC#CCN)S(=O)(=O)c1ccc([N+](=O)[O-])cc1. The van der Waals surface area contributed by atoms with Crippen molar-refractivity contribution in [1.29, 1.82) is 0 Å². The minimum Gasteiger partial charge on any atom is -0.320 e. The monoisotopic (exact) mass is 311 g/mol. The summed E-state index contributed by atoms with van der Waals surface area (Å²) in [6, 6.07) is 4.80. The van der Waals surface area contributed by atoms with Crippen LogP contribution in [0, 0.1) is 22.0 Å². The van der Waals surface area contributed by atoms with Gasteiger partial charge in [0.1, 0.15) is 0 Å². The number of nitrogens with two attached hydrogens (primary N) is 1. The van der Waals surface area contributed by atoms with Gasteiger partial charge in [-0.2, -0.15) is 4.31 Å². The molecule has 1 aromatic rings. The lowest BCUT2D eigenvalue weighted by Gasteiger charge is -2.19. The summed E-state index contributed by atoms with van der Waals surface area (Å²) in [4.78, 5) is 10.0. The second kappa shape index (κ2) is 7.73. The lowest BCUT2D eigenvalue weighted by molar-refractivity contribution is -0.384. The van der Waals surface area contributed by atoms with E-state index >= 15 is 0 Å². The Bertz CT molecular complexity index is 644. The Hall–Kier alpha value is -1.95. The highest BCUT2D eigenvalue weighted by Crippen LogP contribution is 2.19. The smallest absolute Gasteiger partial charge is 0.269 e. The van der Waals surface area contributed by atoms with Gasteiger partial charge < -0.3 is 5.73 Å². The van der Waals surface area contributed by atoms with E-state index in [0.29, 0.717) is 13.0 Å². The normalized spacial score (nSPS) is 11.0. The third kappa shape index (κ3) is 4.53. The zero-order valence-corrected chi connectivity index (χ0v) is 12.5. The first-order valence-corrected chi connectivity index (χ1v) is 7.78. The van der Waals surface area contributed by atoms with Crippen molar-refractivity contribution in [3.8, 4) is 11.8 Å². The summed E-state index contributed by atoms with van der Waals surface area (Å²) in [5.74, 6) is 5.31. The third-order valence-electron chi connectivity index (χ3n) is 2.64. The number of sulfonamides is 1. The molecule has 114 valence electrons. The van der Waals surface area contributed by atoms with Crippen LogP contribution in [0.3, 0.4) is 0 Å². The molecular formula is C13H17N3O4S. The van der Waals surface area contributed by atoms with Crippen molar-refractivity contribution in [3.63, 3.8) is 0 Å². The van der Waals surface area contributed by atoms with E-state index in [1.54, 1.807) is 0 Å². The van der Waals surface area contributed by atoms with Crippen LogP contribution in [-0.4, -0.2) is 37.3 Å². The van der Waals surface area contributed by atoms with E-state index in [4.69, 9.17) is 5.73 Å². The zero-order valence-electron chi connectivity index (χ0n) is 11.7. The highest BCUT2D eigenvalue weighted by atomic mass is 32.2. The number of hydrogen-bond donors (Lipinski definition) is 1. The fourth-order valence-electron chi connectivity index (χ4n) is 1.64. The van der Waals surface area contributed by atoms with Crippen molar-refractivity contribution < 1.29 is 13.3 Å². The van der Waals surface area contributed by atoms with E-state index in [1.807, 2.05) is 6.92 Å². The fraction of sp³-hybridized carbons (Fsp3) is 0.385. The molecule has 0 aliphatic rings. The van der Waals surface area contributed by atoms with Crippen molar-refractivity contribution >= 4 is 15.7 Å². The minimum atomic E-state index is -3.72. The summed E-state index contributed by atoms with van der Waals surface area (Å²) in [5, 5.41) is 10.6. The highest BCUT2D eigenvalue weighted by Gasteiger charge is 2.23. The van der Waals surface area contributed by atoms with Crippen LogP contribution in [0.15, 0.2) is 29.2 Å². The first-order chi connectivity index (χ1) is 9.93. The van der Waals surface area contributed by atoms with E-state index in [9.17, 15) is 18.5 Å². The van der Waals surface area contributed by atoms with Gasteiger partial charge in [0.05, 0.1) is 22.9 Å². The van der Waals surface area contributed by atoms with Gasteiger partial charge in [-0.15, -0.1) is 0 Å². The van der Waals surface area contributed by atoms with Crippen LogP contribution in [0.25, 0.3) is 0 Å². The molecule has 0 bridgehead atoms. The average molecular weight is 311 g/mol. The molecule has 1 rings (SSSR count). The Morgan fingerprint density at radius 3 is 2.38 bits per heavy atom. The molecule has 0 amide bonds. The number of rotatable bonds is 6. The van der Waals surface area contributed by atoms with Crippen LogP contribution >= 0.6 is 0 Å². The maximum Gasteiger partial charge on any atom is 0.269 e. The standard InChI is InChI=1S/C13H17N3O4S/c1-2-10-15(11-4-3-9-14)21(19,20)13-7-5-12(6-8-13)16(17)18/h5-8H,2,9-11,14H2,1H3. The minimum absolute atomic E-state index is 0.0103. The Balaban J connectivity index is 3.06. The number of non-ortho nitro benzene ring substituents is 1. The fourth-order valence-corrected chi connectivity index (χ4v) is 3.07. The molecule has 1 aromatic carbocycles. The van der Waals surface area contributed by atoms with E-state index in [0.717, 1.165) is 0 Å². The molecule has 0 aliphatic carbocycles. The summed E-state index contributed by atoms with van der Waals surface area (Å²) in [6.07, 6.45) is 0.635. The van der Waals surface area contributed by atoms with Gasteiger partial charge in [-0.3, -0.25) is 10.1 Å². The Morgan fingerprint density at radius 1 is 1.29 bits per heavy atom. The van der Waals surface area contributed by atoms with Gasteiger partial charge in [-0.05, 0) is 18.6 Å². The van der Waals surface area contributed by atoms with Crippen LogP contribution in [0.4, 0.5) is 5.69 Å². The summed E-state index contributed by atoms with van der Waals surface area (Å²) in [7, 11) is -3.72. The molecule has 0 saturated carbocycles. The van der Waals surface area contributed by atoms with E-state index in [-0.39, 0.29) is 23.7 Å². The van der Waals surface area contributed by atoms with Gasteiger partial charge in [-0.1, -0.05) is 18.8 Å². The van der Waals surface area contributed by atoms with Gasteiger partial charge in [0.25, 0.3) is 5.69 Å². The molecule has 2 N–H and O–H groups in total. The highest BCUT2D eigenvalue weighted by molar-refractivity contribution is 7.89. The number of nitro groups is 1. The molecule has 7 nitrogen and oxygen atoms in total. The van der Waals surface area contributed by atoms with E-state index in [2.05, 4.69) is 11.8 Å². The maximum absolute atomic E-state index is 12.5. The van der Waals surface area contributed by atoms with Gasteiger partial charge in [0.2, 0.25) is 10.0 Å². The number of nitrogens with zero attached hydrogens (tertiary/aromatic N) is 2. The Labute approximate surface area is 123 Å². The summed E-state index contributed by atoms with van der Waals surface area (Å²) in [5.41, 5.74) is 5.09. The molecule has 0 radical (unpaired) electrons. The number of benzene rings is 1. The summed E-state index contributed by atoms with van der Waals surface area (Å²) < 4.78 is 26.1. The maximum atomic E-state index is 12.5. The quantitative estimate of drug-likeness (QED) is 0.478. The molecule has 0 aliphatic heterocycles. The molecule has 0 unspecified atom stereocenters. The zero-order chi connectivity index (χ0) is 15.9. The molecule has 0 fully saturated rings. The summed E-state index contributed by atoms with van der Waals surface area (Å²) >= 11 is 0. The predicted molar refractivity (Wildman–Crippen MR) is 79.0 cm³/mol. The van der Waals surface area contributed by atoms with Gasteiger partial charge in [0, 0.05) is 18.7 Å². The van der Waals surface area contributed by atoms with Crippen molar-refractivity contribution in [2.24, 2.45) is 5.73 Å². The van der Waals surface area contributed by atoms with Crippen LogP contribution in [0.1, 0.15) is 13.3 Å². The first kappa shape index (κ1) is 17.1. The third-order valence-corrected chi connectivity index (χ3v) is 4.50. The van der Waals surface area contributed by atoms with Crippen LogP contribution in [0.5, 0.6) is 0 Å². The molecule has 0 aromatic heterocycles. The van der Waals surface area contributed by atoms with E-state index in [1.165, 1.54) is 28.6 Å². The van der Waals surface area contributed by atoms with Crippen LogP contribution in [0.2, 0.25) is 0 Å². The van der Waals surface area contributed by atoms with Crippen molar-refractivity contribution in [2.45, 2.75) is 18.2 Å². The number of hydrogen-bond acceptors (Lipinski definition) is 5. The topological polar surface area (TPSA) is 107 Å². The Kier molecular flexibility index (Phi) is 6.30. The van der Waals surface area contributed by atoms with Gasteiger partial charge >= 0.3 is 0 Å². The van der Waals surface area contributed by atoms with Crippen molar-refractivity contribution in [3.05, 3.63) is 34.4 Å². The second-order valence-corrected chi connectivity index (χ2v) is 6.09. The van der Waals surface area contributed by atoms with Gasteiger partial charge in [0.15, 0.2) is 0 Å². The lowest BCUT2D eigenvalue weighted by Crippen LogP contribution is -2.32. The van der Waals surface area contributed by atoms with Crippen molar-refractivity contribution in [1.82, 2.24) is 4.31 Å². The average Bonchev–Trinajstić information content (AvgIpc) is 2.46. The summed E-state index contributed by atoms with van der Waals surface area (Å²) in [6.45, 7) is 2.38. The number of nitro benzene ring substituents is 1. The molecule has 0 spiro atoms. The Morgan fingerprint density at radius 2 is 1.90 bits per heavy atom. The van der Waals surface area contributed by atoms with Crippen LogP contribution < -0.4 is 5.73 Å². The first-order valence-electron chi connectivity index (χ1n) is 6.34. The van der Waals surface area contributed by atoms with E-state index < -0.39 is 14.9 Å². The predicted octanol–water partition coefficient (Wildman–Crippen LogP) is 0.958.